The highest BCUT2D eigenvalue weighted by atomic mass is 15.0. The molecule has 0 N–H and O–H groups in total. The Morgan fingerprint density at radius 3 is 2.24 bits per heavy atom. The lowest BCUT2D eigenvalue weighted by molar-refractivity contribution is -0.402. The van der Waals surface area contributed by atoms with Gasteiger partial charge < -0.3 is 0 Å². The average Bonchev–Trinajstić information content (AvgIpc) is 2.65. The molecule has 11 saturated carbocycles. The smallest absolute Gasteiger partial charge is 0.0111 e. The molecule has 0 heterocycles. The van der Waals surface area contributed by atoms with Crippen molar-refractivity contribution in [2.45, 2.75) is 60.8 Å². The lowest BCUT2D eigenvalue weighted by atomic mass is 9.17. The zero-order chi connectivity index (χ0) is 17.0. The maximum atomic E-state index is 2.89. The molecular formula is C25H36. The van der Waals surface area contributed by atoms with E-state index in [1.807, 2.05) is 0 Å². The highest BCUT2D eigenvalue weighted by Gasteiger charge is 3.01. The largest absolute Gasteiger partial charge is 0.0622 e. The monoisotopic (exact) mass is 336 g/mol. The Balaban J connectivity index is 1.62. The van der Waals surface area contributed by atoms with Crippen molar-refractivity contribution in [3.05, 3.63) is 0 Å². The molecule has 0 aliphatic heterocycles. The summed E-state index contributed by atoms with van der Waals surface area (Å²) in [5, 5.41) is 0. The number of hydrogen-bond donors (Lipinski definition) is 0. The Kier molecular flexibility index (Phi) is 1.80. The molecule has 0 aromatic rings. The summed E-state index contributed by atoms with van der Waals surface area (Å²) >= 11 is 0. The van der Waals surface area contributed by atoms with E-state index in [1.165, 1.54) is 5.92 Å². The van der Waals surface area contributed by atoms with E-state index in [2.05, 4.69) is 41.5 Å². The number of hydrogen-bond acceptors (Lipinski definition) is 0. The van der Waals surface area contributed by atoms with Gasteiger partial charge in [-0.3, -0.25) is 0 Å². The van der Waals surface area contributed by atoms with Crippen molar-refractivity contribution in [2.24, 2.45) is 92.7 Å². The third kappa shape index (κ3) is 0.768. The average molecular weight is 337 g/mol. The summed E-state index contributed by atoms with van der Waals surface area (Å²) in [5.74, 6) is 13.1. The predicted molar refractivity (Wildman–Crippen MR) is 99.5 cm³/mol. The van der Waals surface area contributed by atoms with Crippen molar-refractivity contribution in [1.29, 1.82) is 0 Å². The van der Waals surface area contributed by atoms with Crippen molar-refractivity contribution in [3.63, 3.8) is 0 Å². The zero-order valence-corrected chi connectivity index (χ0v) is 17.0. The van der Waals surface area contributed by atoms with Gasteiger partial charge in [0.05, 0.1) is 0 Å². The maximum absolute atomic E-state index is 2.89. The summed E-state index contributed by atoms with van der Waals surface area (Å²) < 4.78 is 0. The molecule has 136 valence electrons. The van der Waals surface area contributed by atoms with Gasteiger partial charge in [0.15, 0.2) is 0 Å². The minimum atomic E-state index is 0.638. The minimum Gasteiger partial charge on any atom is -0.0622 e. The topological polar surface area (TPSA) is 0 Å². The fourth-order valence-electron chi connectivity index (χ4n) is 15.2. The number of rotatable bonds is 0. The summed E-state index contributed by atoms with van der Waals surface area (Å²) in [6, 6.07) is 0. The van der Waals surface area contributed by atoms with Crippen LogP contribution < -0.4 is 0 Å². The Morgan fingerprint density at radius 2 is 1.48 bits per heavy atom. The van der Waals surface area contributed by atoms with Crippen molar-refractivity contribution < 1.29 is 0 Å². The van der Waals surface area contributed by atoms with Crippen LogP contribution in [-0.2, 0) is 0 Å². The van der Waals surface area contributed by atoms with E-state index in [0.29, 0.717) is 10.8 Å². The first kappa shape index (κ1) is 14.1. The summed E-state index contributed by atoms with van der Waals surface area (Å²) in [4.78, 5) is 0. The highest BCUT2D eigenvalue weighted by molar-refractivity contribution is 5.47. The number of fused-ring (bicyclic) bond motifs is 1. The molecule has 0 radical (unpaired) electrons. The van der Waals surface area contributed by atoms with Gasteiger partial charge in [-0.2, -0.15) is 0 Å². The molecular weight excluding hydrogens is 300 g/mol. The van der Waals surface area contributed by atoms with Crippen LogP contribution in [0.2, 0.25) is 0 Å². The van der Waals surface area contributed by atoms with E-state index in [9.17, 15) is 0 Å². The quantitative estimate of drug-likeness (QED) is 0.530. The predicted octanol–water partition coefficient (Wildman–Crippen LogP) is 5.72. The van der Waals surface area contributed by atoms with Gasteiger partial charge in [0.1, 0.15) is 0 Å². The molecule has 12 bridgehead atoms. The lowest BCUT2D eigenvalue weighted by Gasteiger charge is -2.86. The molecule has 0 aromatic heterocycles. The fraction of sp³-hybridized carbons (Fsp3) is 1.00. The van der Waals surface area contributed by atoms with E-state index in [4.69, 9.17) is 0 Å². The van der Waals surface area contributed by atoms with Crippen molar-refractivity contribution in [2.75, 3.05) is 0 Å². The van der Waals surface area contributed by atoms with E-state index < -0.39 is 0 Å². The van der Waals surface area contributed by atoms with Gasteiger partial charge in [-0.05, 0) is 112 Å². The molecule has 2 spiro atoms. The molecule has 11 fully saturated rings. The van der Waals surface area contributed by atoms with E-state index in [-0.39, 0.29) is 0 Å². The van der Waals surface area contributed by atoms with Crippen molar-refractivity contribution in [3.8, 4) is 0 Å². The van der Waals surface area contributed by atoms with Crippen LogP contribution in [0.5, 0.6) is 0 Å². The molecule has 25 heavy (non-hydrogen) atoms. The first-order valence-corrected chi connectivity index (χ1v) is 11.8. The van der Waals surface area contributed by atoms with Gasteiger partial charge >= 0.3 is 0 Å². The summed E-state index contributed by atoms with van der Waals surface area (Å²) in [6.45, 7) is 16.7. The van der Waals surface area contributed by atoms with Crippen LogP contribution in [-0.4, -0.2) is 0 Å². The second-order valence-corrected chi connectivity index (χ2v) is 13.1. The SMILES string of the molecule is CC1CC23C4CCC5C6C7C8C(C72)C(C)(C5C)C(C)(C8C)C3(C4C)C16. The van der Waals surface area contributed by atoms with Crippen molar-refractivity contribution >= 4 is 0 Å². The second-order valence-electron chi connectivity index (χ2n) is 13.1. The zero-order valence-electron chi connectivity index (χ0n) is 17.0. The van der Waals surface area contributed by atoms with Gasteiger partial charge in [0.2, 0.25) is 0 Å². The molecule has 11 aliphatic carbocycles. The molecule has 0 aromatic carbocycles. The molecule has 11 rings (SSSR count). The summed E-state index contributed by atoms with van der Waals surface area (Å²) in [6.07, 6.45) is 4.85. The Labute approximate surface area is 153 Å². The van der Waals surface area contributed by atoms with Gasteiger partial charge in [0.25, 0.3) is 0 Å². The summed E-state index contributed by atoms with van der Waals surface area (Å²) in [7, 11) is 0. The van der Waals surface area contributed by atoms with Crippen LogP contribution in [0.1, 0.15) is 60.8 Å². The Morgan fingerprint density at radius 1 is 0.720 bits per heavy atom. The molecule has 16 unspecified atom stereocenters. The van der Waals surface area contributed by atoms with Gasteiger partial charge in [0, 0.05) is 0 Å². The highest BCUT2D eigenvalue weighted by Crippen LogP contribution is 3.04. The maximum Gasteiger partial charge on any atom is -0.0111 e. The first-order valence-electron chi connectivity index (χ1n) is 11.8. The van der Waals surface area contributed by atoms with Crippen LogP contribution in [0.25, 0.3) is 0 Å². The minimum absolute atomic E-state index is 0.638. The third-order valence-electron chi connectivity index (χ3n) is 14.7. The van der Waals surface area contributed by atoms with Crippen LogP contribution in [0, 0.1) is 92.7 Å². The Bertz CT molecular complexity index is 753. The molecule has 11 aliphatic rings. The molecule has 16 atom stereocenters. The molecule has 0 nitrogen and oxygen atoms in total. The molecule has 0 saturated heterocycles. The normalized spacial score (nSPS) is 86.2. The Hall–Kier alpha value is 0. The van der Waals surface area contributed by atoms with Gasteiger partial charge in [-0.25, -0.2) is 0 Å². The van der Waals surface area contributed by atoms with Gasteiger partial charge in [-0.1, -0.05) is 41.5 Å². The van der Waals surface area contributed by atoms with Gasteiger partial charge in [-0.15, -0.1) is 0 Å². The van der Waals surface area contributed by atoms with E-state index >= 15 is 0 Å². The second kappa shape index (κ2) is 3.20. The molecule has 0 amide bonds. The molecule has 0 heteroatoms. The lowest BCUT2D eigenvalue weighted by Crippen LogP contribution is -2.83. The van der Waals surface area contributed by atoms with Crippen LogP contribution >= 0.6 is 0 Å². The van der Waals surface area contributed by atoms with Crippen molar-refractivity contribution in [1.82, 2.24) is 0 Å². The standard InChI is InChI=1S/C25H36/c1-10-9-24-15-8-7-14-11(2)22(5)20-16-13(4)23(22,6)25(24,12(15)3)19(10)17(14)18(16)21(20)24/h10-21H,7-9H2,1-6H3. The third-order valence-corrected chi connectivity index (χ3v) is 14.7. The van der Waals surface area contributed by atoms with E-state index in [1.54, 1.807) is 19.3 Å². The first-order chi connectivity index (χ1) is 11.8. The van der Waals surface area contributed by atoms with Crippen LogP contribution in [0.3, 0.4) is 0 Å². The van der Waals surface area contributed by atoms with Crippen LogP contribution in [0.15, 0.2) is 0 Å². The summed E-state index contributed by atoms with van der Waals surface area (Å²) in [5.41, 5.74) is 2.85. The fourth-order valence-corrected chi connectivity index (χ4v) is 15.2. The van der Waals surface area contributed by atoms with Crippen LogP contribution in [0.4, 0.5) is 0 Å². The van der Waals surface area contributed by atoms with E-state index in [0.717, 1.165) is 75.9 Å².